The van der Waals surface area contributed by atoms with Crippen LogP contribution in [0.15, 0.2) is 54.6 Å². The number of amides is 1. The third-order valence-electron chi connectivity index (χ3n) is 5.88. The number of hydrogen-bond donors (Lipinski definition) is 1. The van der Waals surface area contributed by atoms with E-state index in [1.54, 1.807) is 7.11 Å². The number of hydrogen-bond acceptors (Lipinski definition) is 5. The van der Waals surface area contributed by atoms with E-state index < -0.39 is 0 Å². The monoisotopic (exact) mass is 458 g/mol. The lowest BCUT2D eigenvalue weighted by molar-refractivity contribution is -0.121. The minimum atomic E-state index is -0.0374. The molecule has 0 atom stereocenters. The number of methoxy groups -OCH3 is 1. The van der Waals surface area contributed by atoms with Crippen LogP contribution in [0.3, 0.4) is 0 Å². The summed E-state index contributed by atoms with van der Waals surface area (Å²) in [5, 5.41) is 8.73. The number of fused-ring (bicyclic) bond motifs is 1. The number of aromatic nitrogens is 3. The number of carbonyl (C=O) groups is 1. The van der Waals surface area contributed by atoms with Crippen LogP contribution < -0.4 is 14.8 Å². The second-order valence-electron chi connectivity index (χ2n) is 8.07. The largest absolute Gasteiger partial charge is 0.496 e. The maximum absolute atomic E-state index is 12.7. The topological polar surface area (TPSA) is 78.3 Å². The van der Waals surface area contributed by atoms with Gasteiger partial charge in [-0.1, -0.05) is 36.4 Å². The summed E-state index contributed by atoms with van der Waals surface area (Å²) in [4.78, 5) is 17.5. The zero-order valence-electron chi connectivity index (χ0n) is 20.1. The van der Waals surface area contributed by atoms with E-state index in [0.717, 1.165) is 44.9 Å². The molecule has 2 aromatic heterocycles. The molecular formula is C27H30N4O3. The fourth-order valence-electron chi connectivity index (χ4n) is 4.20. The fraction of sp³-hybridized carbons (Fsp3) is 0.296. The highest BCUT2D eigenvalue weighted by Crippen LogP contribution is 2.32. The molecule has 0 radical (unpaired) electrons. The van der Waals surface area contributed by atoms with Gasteiger partial charge in [0.25, 0.3) is 0 Å². The summed E-state index contributed by atoms with van der Waals surface area (Å²) in [5.41, 5.74) is 5.53. The van der Waals surface area contributed by atoms with Gasteiger partial charge >= 0.3 is 0 Å². The van der Waals surface area contributed by atoms with Crippen molar-refractivity contribution in [2.75, 3.05) is 13.7 Å². The maximum Gasteiger partial charge on any atom is 0.220 e. The van der Waals surface area contributed by atoms with Crippen LogP contribution >= 0.6 is 0 Å². The average molecular weight is 459 g/mol. The number of rotatable bonds is 9. The number of nitrogens with one attached hydrogen (secondary N) is 1. The second kappa shape index (κ2) is 10.4. The quantitative estimate of drug-likeness (QED) is 0.394. The molecule has 0 spiro atoms. The summed E-state index contributed by atoms with van der Waals surface area (Å²) in [5.74, 6) is 1.28. The van der Waals surface area contributed by atoms with Crippen molar-refractivity contribution in [1.82, 2.24) is 20.1 Å². The first-order valence-corrected chi connectivity index (χ1v) is 11.5. The normalized spacial score (nSPS) is 10.9. The number of carbonyl (C=O) groups excluding carboxylic acids is 1. The van der Waals surface area contributed by atoms with Crippen molar-refractivity contribution < 1.29 is 14.3 Å². The highest BCUT2D eigenvalue weighted by atomic mass is 16.5. The first kappa shape index (κ1) is 23.3. The third-order valence-corrected chi connectivity index (χ3v) is 5.88. The van der Waals surface area contributed by atoms with Gasteiger partial charge in [-0.2, -0.15) is 10.1 Å². The van der Waals surface area contributed by atoms with Crippen LogP contribution in [0.25, 0.3) is 16.7 Å². The first-order valence-electron chi connectivity index (χ1n) is 11.5. The number of nitrogens with zero attached hydrogens (tertiary/aromatic N) is 3. The van der Waals surface area contributed by atoms with Crippen molar-refractivity contribution in [3.05, 3.63) is 77.0 Å². The summed E-state index contributed by atoms with van der Waals surface area (Å²) in [7, 11) is 1.63. The van der Waals surface area contributed by atoms with Gasteiger partial charge in [-0.05, 0) is 51.0 Å². The van der Waals surface area contributed by atoms with Gasteiger partial charge in [0.05, 0.1) is 25.1 Å². The Morgan fingerprint density at radius 3 is 2.53 bits per heavy atom. The summed E-state index contributed by atoms with van der Waals surface area (Å²) in [6, 6.07) is 17.6. The van der Waals surface area contributed by atoms with Gasteiger partial charge in [-0.15, -0.1) is 0 Å². The van der Waals surface area contributed by atoms with Crippen molar-refractivity contribution in [2.24, 2.45) is 0 Å². The van der Waals surface area contributed by atoms with E-state index in [1.165, 1.54) is 0 Å². The number of ether oxygens (including phenoxy) is 2. The predicted octanol–water partition coefficient (Wildman–Crippen LogP) is 4.69. The Morgan fingerprint density at radius 2 is 1.79 bits per heavy atom. The maximum atomic E-state index is 12.7. The molecule has 34 heavy (non-hydrogen) atoms. The van der Waals surface area contributed by atoms with Crippen LogP contribution in [0.1, 0.15) is 35.7 Å². The molecule has 4 rings (SSSR count). The lowest BCUT2D eigenvalue weighted by Crippen LogP contribution is -2.23. The molecular weight excluding hydrogens is 428 g/mol. The van der Waals surface area contributed by atoms with E-state index in [9.17, 15) is 4.79 Å². The van der Waals surface area contributed by atoms with Gasteiger partial charge in [0.1, 0.15) is 5.75 Å². The van der Waals surface area contributed by atoms with Crippen molar-refractivity contribution in [3.63, 3.8) is 0 Å². The summed E-state index contributed by atoms with van der Waals surface area (Å²) < 4.78 is 13.1. The minimum absolute atomic E-state index is 0.0374. The highest BCUT2D eigenvalue weighted by molar-refractivity contribution is 5.86. The second-order valence-corrected chi connectivity index (χ2v) is 8.07. The van der Waals surface area contributed by atoms with E-state index in [-0.39, 0.29) is 5.91 Å². The molecule has 0 aliphatic rings. The molecule has 0 fully saturated rings. The Kier molecular flexibility index (Phi) is 7.11. The van der Waals surface area contributed by atoms with Crippen LogP contribution in [-0.2, 0) is 17.8 Å². The van der Waals surface area contributed by atoms with Gasteiger partial charge in [0, 0.05) is 29.5 Å². The molecule has 0 bridgehead atoms. The smallest absolute Gasteiger partial charge is 0.220 e. The van der Waals surface area contributed by atoms with Gasteiger partial charge in [-0.25, -0.2) is 4.68 Å². The van der Waals surface area contributed by atoms with Crippen molar-refractivity contribution in [1.29, 1.82) is 0 Å². The molecule has 0 unspecified atom stereocenters. The standard InChI is InChI=1S/C27H30N4O3/c1-5-34-27-22(15-16-24(32)28-17-20-11-9-10-14-23(20)33-4)18(2)25-19(3)30-31(26(25)29-27)21-12-7-6-8-13-21/h6-14H,5,15-17H2,1-4H3,(H,28,32). The van der Waals surface area contributed by atoms with Crippen LogP contribution in [0.2, 0.25) is 0 Å². The van der Waals surface area contributed by atoms with E-state index in [0.29, 0.717) is 31.9 Å². The molecule has 1 amide bonds. The van der Waals surface area contributed by atoms with E-state index >= 15 is 0 Å². The number of benzene rings is 2. The van der Waals surface area contributed by atoms with Gasteiger partial charge in [0.2, 0.25) is 11.8 Å². The Balaban J connectivity index is 1.58. The van der Waals surface area contributed by atoms with Gasteiger partial charge < -0.3 is 14.8 Å². The SMILES string of the molecule is CCOc1nc2c(c(C)nn2-c2ccccc2)c(C)c1CCC(=O)NCc1ccccc1OC. The Bertz CT molecular complexity index is 1300. The Hall–Kier alpha value is -3.87. The first-order chi connectivity index (χ1) is 16.5. The summed E-state index contributed by atoms with van der Waals surface area (Å²) in [6.45, 7) is 6.88. The van der Waals surface area contributed by atoms with Crippen molar-refractivity contribution in [3.8, 4) is 17.3 Å². The molecule has 176 valence electrons. The Labute approximate surface area is 199 Å². The van der Waals surface area contributed by atoms with Gasteiger partial charge in [0.15, 0.2) is 5.65 Å². The van der Waals surface area contributed by atoms with Crippen molar-refractivity contribution in [2.45, 2.75) is 40.2 Å². The zero-order valence-corrected chi connectivity index (χ0v) is 20.1. The summed E-state index contributed by atoms with van der Waals surface area (Å²) >= 11 is 0. The molecule has 1 N–H and O–H groups in total. The molecule has 0 aliphatic heterocycles. The van der Waals surface area contributed by atoms with Crippen molar-refractivity contribution >= 4 is 16.9 Å². The van der Waals surface area contributed by atoms with Crippen LogP contribution in [0, 0.1) is 13.8 Å². The molecule has 2 heterocycles. The number of para-hydroxylation sites is 2. The average Bonchev–Trinajstić information content (AvgIpc) is 3.19. The predicted molar refractivity (Wildman–Crippen MR) is 133 cm³/mol. The van der Waals surface area contributed by atoms with Crippen LogP contribution in [-0.4, -0.2) is 34.4 Å². The van der Waals surface area contributed by atoms with E-state index in [4.69, 9.17) is 19.6 Å². The molecule has 7 nitrogen and oxygen atoms in total. The van der Waals surface area contributed by atoms with E-state index in [2.05, 4.69) is 12.2 Å². The molecule has 2 aromatic carbocycles. The molecule has 0 saturated carbocycles. The molecule has 0 aliphatic carbocycles. The van der Waals surface area contributed by atoms with E-state index in [1.807, 2.05) is 73.1 Å². The highest BCUT2D eigenvalue weighted by Gasteiger charge is 2.20. The lowest BCUT2D eigenvalue weighted by atomic mass is 10.0. The Morgan fingerprint density at radius 1 is 1.06 bits per heavy atom. The molecule has 7 heteroatoms. The number of aryl methyl sites for hydroxylation is 2. The molecule has 4 aromatic rings. The van der Waals surface area contributed by atoms with Crippen LogP contribution in [0.5, 0.6) is 11.6 Å². The third kappa shape index (κ3) is 4.73. The summed E-state index contributed by atoms with van der Waals surface area (Å²) in [6.07, 6.45) is 0.854. The lowest BCUT2D eigenvalue weighted by Gasteiger charge is -2.14. The fourth-order valence-corrected chi connectivity index (χ4v) is 4.20. The minimum Gasteiger partial charge on any atom is -0.496 e. The van der Waals surface area contributed by atoms with Crippen LogP contribution in [0.4, 0.5) is 0 Å². The zero-order chi connectivity index (χ0) is 24.1. The number of pyridine rings is 1. The van der Waals surface area contributed by atoms with Gasteiger partial charge in [-0.3, -0.25) is 4.79 Å². The molecule has 0 saturated heterocycles.